The smallest absolute Gasteiger partial charge is 0.216 e. The molecule has 0 N–H and O–H groups in total. The predicted octanol–water partition coefficient (Wildman–Crippen LogP) is 19.4. The molecule has 393 valence electrons. The van der Waals surface area contributed by atoms with Crippen molar-refractivity contribution < 1.29 is 28.9 Å². The van der Waals surface area contributed by atoms with Crippen LogP contribution in [0, 0.1) is 17.9 Å². The maximum absolute atomic E-state index is 13.5. The van der Waals surface area contributed by atoms with Gasteiger partial charge in [-0.15, -0.1) is 48.0 Å². The van der Waals surface area contributed by atoms with E-state index in [-0.39, 0.29) is 25.9 Å². The molecule has 4 aromatic heterocycles. The molecule has 8 heteroatoms. The van der Waals surface area contributed by atoms with Crippen LogP contribution in [0.3, 0.4) is 0 Å². The SMILES string of the molecule is CC(C)c1cccc(C(C)C)c1-n1c(-c2[c-]cc(F)cc2)nc2ccccc21.CC(C)c1cccc(C(C)C)c1-n1c(-c2[c-]ccc3c2oc2nc(-c4ccc(-c5ccccc5)c5ccccc45)ccc23)nc2ccccc21.[Ir]. The summed E-state index contributed by atoms with van der Waals surface area (Å²) in [5, 5.41) is 4.32. The number of aromatic nitrogens is 5. The Labute approximate surface area is 475 Å². The Balaban J connectivity index is 0.000000193. The summed E-state index contributed by atoms with van der Waals surface area (Å²) in [6.07, 6.45) is 0. The average Bonchev–Trinajstić information content (AvgIpc) is 4.25. The van der Waals surface area contributed by atoms with Gasteiger partial charge in [0.1, 0.15) is 0 Å². The van der Waals surface area contributed by atoms with E-state index in [0.717, 1.165) is 77.8 Å². The van der Waals surface area contributed by atoms with Gasteiger partial charge in [-0.1, -0.05) is 194 Å². The Kier molecular flexibility index (Phi) is 14.6. The fraction of sp³-hybridized carbons (Fsp3) is 0.169. The second kappa shape index (κ2) is 21.9. The number of imidazole rings is 2. The molecule has 0 saturated carbocycles. The molecule has 0 amide bonds. The predicted molar refractivity (Wildman–Crippen MR) is 320 cm³/mol. The van der Waals surface area contributed by atoms with E-state index in [2.05, 4.69) is 222 Å². The summed E-state index contributed by atoms with van der Waals surface area (Å²) < 4.78 is 24.8. The molecule has 13 rings (SSSR count). The van der Waals surface area contributed by atoms with Crippen molar-refractivity contribution in [1.29, 1.82) is 0 Å². The Bertz CT molecular complexity index is 4300. The quantitative estimate of drug-likeness (QED) is 0.128. The summed E-state index contributed by atoms with van der Waals surface area (Å²) in [4.78, 5) is 15.3. The summed E-state index contributed by atoms with van der Waals surface area (Å²) in [5.74, 6) is 2.68. The molecule has 0 spiro atoms. The maximum atomic E-state index is 13.5. The molecule has 79 heavy (non-hydrogen) atoms. The first-order chi connectivity index (χ1) is 37.9. The van der Waals surface area contributed by atoms with Crippen LogP contribution < -0.4 is 0 Å². The fourth-order valence-electron chi connectivity index (χ4n) is 11.3. The number of hydrogen-bond donors (Lipinski definition) is 0. The number of benzene rings is 9. The Morgan fingerprint density at radius 2 is 0.962 bits per heavy atom. The minimum atomic E-state index is -0.295. The summed E-state index contributed by atoms with van der Waals surface area (Å²) in [7, 11) is 0. The second-order valence-electron chi connectivity index (χ2n) is 21.4. The Morgan fingerprint density at radius 1 is 0.443 bits per heavy atom. The third-order valence-electron chi connectivity index (χ3n) is 15.1. The molecule has 0 atom stereocenters. The first kappa shape index (κ1) is 52.7. The van der Waals surface area contributed by atoms with Crippen molar-refractivity contribution in [2.75, 3.05) is 0 Å². The zero-order chi connectivity index (χ0) is 53.8. The molecule has 4 heterocycles. The molecule has 13 aromatic rings. The number of nitrogens with zero attached hydrogens (tertiary/aromatic N) is 5. The first-order valence-corrected chi connectivity index (χ1v) is 27.2. The number of para-hydroxylation sites is 6. The van der Waals surface area contributed by atoms with E-state index in [4.69, 9.17) is 19.4 Å². The third-order valence-corrected chi connectivity index (χ3v) is 15.1. The number of rotatable bonds is 10. The van der Waals surface area contributed by atoms with E-state index in [1.54, 1.807) is 6.07 Å². The van der Waals surface area contributed by atoms with E-state index in [1.807, 2.05) is 30.3 Å². The Morgan fingerprint density at radius 3 is 1.53 bits per heavy atom. The van der Waals surface area contributed by atoms with Crippen LogP contribution in [0.25, 0.3) is 111 Å². The van der Waals surface area contributed by atoms with Crippen LogP contribution in [0.2, 0.25) is 0 Å². The minimum Gasteiger partial charge on any atom is -0.486 e. The van der Waals surface area contributed by atoms with Gasteiger partial charge in [0.05, 0.1) is 45.0 Å². The van der Waals surface area contributed by atoms with Gasteiger partial charge < -0.3 is 13.6 Å². The molecule has 0 aliphatic rings. The number of hydrogen-bond acceptors (Lipinski definition) is 4. The molecular weight excluding hydrogens is 1150 g/mol. The van der Waals surface area contributed by atoms with Gasteiger partial charge in [-0.05, 0) is 104 Å². The molecule has 0 bridgehead atoms. The molecule has 6 nitrogen and oxygen atoms in total. The van der Waals surface area contributed by atoms with E-state index in [0.29, 0.717) is 29.4 Å². The van der Waals surface area contributed by atoms with E-state index in [9.17, 15) is 4.39 Å². The van der Waals surface area contributed by atoms with Crippen LogP contribution >= 0.6 is 0 Å². The number of pyridine rings is 1. The summed E-state index contributed by atoms with van der Waals surface area (Å²) in [6.45, 7) is 17.9. The fourth-order valence-corrected chi connectivity index (χ4v) is 11.3. The summed E-state index contributed by atoms with van der Waals surface area (Å²) in [5.41, 5.74) is 18.7. The molecule has 0 unspecified atom stereocenters. The standard InChI is InChI=1S/C46H36N3O.C25H24FN2.Ir/c1-28(2)31-18-12-19-32(29(3)4)43(31)49-42-23-11-10-22-41(42)47-45(49)39-21-13-20-37-38-26-27-40(48-46(38)50-44(37)39)36-25-24-33(30-14-6-5-7-15-30)34-16-8-9-17-35(34)36;1-16(2)20-8-7-9-21(17(3)4)24(20)28-23-11-6-5-10-22(23)27-25(28)18-12-14-19(26)15-13-18;/h5-20,22-29H,1-4H3;5-12,14-17H,1-4H3;/q2*-1;. The number of halogens is 1. The number of fused-ring (bicyclic) bond motifs is 6. The van der Waals surface area contributed by atoms with Gasteiger partial charge in [-0.2, -0.15) is 0 Å². The van der Waals surface area contributed by atoms with Gasteiger partial charge in [0, 0.05) is 48.2 Å². The summed E-state index contributed by atoms with van der Waals surface area (Å²) >= 11 is 0. The van der Waals surface area contributed by atoms with Crippen molar-refractivity contribution in [3.8, 4) is 56.5 Å². The zero-order valence-corrected chi connectivity index (χ0v) is 48.0. The van der Waals surface area contributed by atoms with Gasteiger partial charge in [-0.3, -0.25) is 14.4 Å². The van der Waals surface area contributed by atoms with Crippen molar-refractivity contribution in [1.82, 2.24) is 24.1 Å². The van der Waals surface area contributed by atoms with Gasteiger partial charge in [0.15, 0.2) is 0 Å². The molecule has 0 aliphatic carbocycles. The first-order valence-electron chi connectivity index (χ1n) is 27.2. The van der Waals surface area contributed by atoms with E-state index >= 15 is 0 Å². The molecule has 1 radical (unpaired) electrons. The van der Waals surface area contributed by atoms with Crippen molar-refractivity contribution in [2.45, 2.75) is 79.1 Å². The number of furan rings is 1. The van der Waals surface area contributed by atoms with Gasteiger partial charge in [0.25, 0.3) is 0 Å². The molecule has 0 saturated heterocycles. The van der Waals surface area contributed by atoms with Crippen molar-refractivity contribution in [3.63, 3.8) is 0 Å². The van der Waals surface area contributed by atoms with Crippen LogP contribution in [0.15, 0.2) is 199 Å². The monoisotopic (exact) mass is 1210 g/mol. The largest absolute Gasteiger partial charge is 0.486 e. The molecule has 0 aliphatic heterocycles. The van der Waals surface area contributed by atoms with Crippen LogP contribution in [-0.2, 0) is 20.1 Å². The van der Waals surface area contributed by atoms with Crippen LogP contribution in [-0.4, -0.2) is 24.1 Å². The third kappa shape index (κ3) is 9.57. The molecule has 9 aromatic carbocycles. The van der Waals surface area contributed by atoms with Crippen molar-refractivity contribution >= 4 is 54.9 Å². The average molecular weight is 1210 g/mol. The van der Waals surface area contributed by atoms with E-state index < -0.39 is 0 Å². The second-order valence-corrected chi connectivity index (χ2v) is 21.4. The Hall–Kier alpha value is -8.29. The maximum Gasteiger partial charge on any atom is 0.216 e. The topological polar surface area (TPSA) is 61.7 Å². The van der Waals surface area contributed by atoms with Gasteiger partial charge >= 0.3 is 0 Å². The summed E-state index contributed by atoms with van der Waals surface area (Å²) in [6, 6.07) is 72.7. The van der Waals surface area contributed by atoms with Gasteiger partial charge in [-0.25, -0.2) is 4.98 Å². The molecular formula is C71H60FIrN5O-2. The van der Waals surface area contributed by atoms with Gasteiger partial charge in [0.2, 0.25) is 5.71 Å². The van der Waals surface area contributed by atoms with Crippen LogP contribution in [0.5, 0.6) is 0 Å². The van der Waals surface area contributed by atoms with Crippen LogP contribution in [0.1, 0.15) is 101 Å². The van der Waals surface area contributed by atoms with Crippen molar-refractivity contribution in [3.05, 3.63) is 234 Å². The minimum absolute atomic E-state index is 0. The normalized spacial score (nSPS) is 11.7. The zero-order valence-electron chi connectivity index (χ0n) is 45.6. The van der Waals surface area contributed by atoms with E-state index in [1.165, 1.54) is 62.3 Å². The van der Waals surface area contributed by atoms with Crippen LogP contribution in [0.4, 0.5) is 4.39 Å². The molecule has 0 fully saturated rings. The van der Waals surface area contributed by atoms with Crippen molar-refractivity contribution in [2.24, 2.45) is 0 Å².